The zero-order chi connectivity index (χ0) is 20.1. The van der Waals surface area contributed by atoms with Gasteiger partial charge in [-0.2, -0.15) is 0 Å². The lowest BCUT2D eigenvalue weighted by atomic mass is 9.95. The van der Waals surface area contributed by atoms with Crippen molar-refractivity contribution in [2.24, 2.45) is 5.73 Å². The van der Waals surface area contributed by atoms with Gasteiger partial charge in [0.25, 0.3) is 0 Å². The Bertz CT molecular complexity index is 854. The van der Waals surface area contributed by atoms with Crippen LogP contribution in [-0.4, -0.2) is 48.9 Å². The summed E-state index contributed by atoms with van der Waals surface area (Å²) < 4.78 is 26.0. The van der Waals surface area contributed by atoms with Gasteiger partial charge in [-0.1, -0.05) is 30.3 Å². The van der Waals surface area contributed by atoms with Gasteiger partial charge in [0, 0.05) is 36.8 Å². The summed E-state index contributed by atoms with van der Waals surface area (Å²) in [6.07, 6.45) is 0. The minimum Gasteiger partial charge on any atom is -0.346 e. The lowest BCUT2D eigenvalue weighted by molar-refractivity contribution is -0.124. The number of hydrogen-bond donors (Lipinski definition) is 3. The first kappa shape index (κ1) is 22.7. The number of nitrogens with two attached hydrogens (primary N) is 1. The van der Waals surface area contributed by atoms with Crippen molar-refractivity contribution in [1.29, 1.82) is 0 Å². The molecule has 4 N–H and O–H groups in total. The zero-order valence-corrected chi connectivity index (χ0v) is 16.4. The van der Waals surface area contributed by atoms with Gasteiger partial charge in [-0.05, 0) is 17.7 Å². The molecule has 1 fully saturated rings. The number of hydrogen-bond acceptors (Lipinski definition) is 4. The van der Waals surface area contributed by atoms with Gasteiger partial charge >= 0.3 is 0 Å². The highest BCUT2D eigenvalue weighted by Crippen LogP contribution is 2.25. The van der Waals surface area contributed by atoms with E-state index in [-0.39, 0.29) is 49.1 Å². The minimum atomic E-state index is -1.06. The smallest absolute Gasteiger partial charge is 0.243 e. The van der Waals surface area contributed by atoms with E-state index in [0.717, 1.165) is 17.7 Å². The topological polar surface area (TPSA) is 87.5 Å². The summed E-state index contributed by atoms with van der Waals surface area (Å²) in [6.45, 7) is 1.13. The Kier molecular flexibility index (Phi) is 8.07. The van der Waals surface area contributed by atoms with Gasteiger partial charge in [0.15, 0.2) is 11.6 Å². The first-order chi connectivity index (χ1) is 13.4. The van der Waals surface area contributed by atoms with Crippen molar-refractivity contribution < 1.29 is 18.4 Å². The molecule has 0 aromatic heterocycles. The van der Waals surface area contributed by atoms with E-state index in [2.05, 4.69) is 10.6 Å². The molecule has 2 atom stereocenters. The van der Waals surface area contributed by atoms with Crippen LogP contribution >= 0.6 is 12.4 Å². The van der Waals surface area contributed by atoms with Crippen LogP contribution in [0.25, 0.3) is 0 Å². The van der Waals surface area contributed by atoms with Gasteiger partial charge < -0.3 is 16.4 Å². The Morgan fingerprint density at radius 1 is 1.03 bits per heavy atom. The maximum atomic E-state index is 13.1. The Morgan fingerprint density at radius 2 is 1.76 bits per heavy atom. The van der Waals surface area contributed by atoms with E-state index in [0.29, 0.717) is 13.1 Å². The summed E-state index contributed by atoms with van der Waals surface area (Å²) >= 11 is 0. The molecule has 1 saturated heterocycles. The molecular weight excluding hydrogens is 402 g/mol. The summed E-state index contributed by atoms with van der Waals surface area (Å²) in [7, 11) is 0. The quantitative estimate of drug-likeness (QED) is 0.660. The summed E-state index contributed by atoms with van der Waals surface area (Å²) in [5.41, 5.74) is 7.48. The summed E-state index contributed by atoms with van der Waals surface area (Å²) in [6, 6.07) is 12.9. The van der Waals surface area contributed by atoms with E-state index < -0.39 is 17.5 Å². The third-order valence-electron chi connectivity index (χ3n) is 4.69. The van der Waals surface area contributed by atoms with Crippen LogP contribution in [0, 0.1) is 11.6 Å². The number of carbonyl (C=O) groups excluding carboxylic acids is 2. The van der Waals surface area contributed by atoms with Gasteiger partial charge in [0.05, 0.1) is 13.1 Å². The third-order valence-corrected chi connectivity index (χ3v) is 4.69. The largest absolute Gasteiger partial charge is 0.346 e. The van der Waals surface area contributed by atoms with Gasteiger partial charge in [-0.3, -0.25) is 14.5 Å². The molecule has 156 valence electrons. The zero-order valence-electron chi connectivity index (χ0n) is 15.6. The molecule has 1 aliphatic rings. The fraction of sp³-hybridized carbons (Fsp3) is 0.300. The Hall–Kier alpha value is -2.55. The molecule has 2 aromatic carbocycles. The molecule has 2 amide bonds. The van der Waals surface area contributed by atoms with Crippen molar-refractivity contribution in [3.63, 3.8) is 0 Å². The maximum absolute atomic E-state index is 13.1. The minimum absolute atomic E-state index is 0. The molecule has 0 bridgehead atoms. The number of anilines is 1. The summed E-state index contributed by atoms with van der Waals surface area (Å²) in [5.74, 6) is -2.73. The SMILES string of the molecule is Cl.N[C@@H]1CN(CC(=O)NCC(=O)Nc2ccc(F)c(F)c2)C[C@H]1c1ccccc1. The number of carbonyl (C=O) groups is 2. The average molecular weight is 425 g/mol. The Balaban J connectivity index is 0.00000300. The molecule has 3 rings (SSSR count). The van der Waals surface area contributed by atoms with E-state index in [1.54, 1.807) is 0 Å². The van der Waals surface area contributed by atoms with Crippen LogP contribution in [0.4, 0.5) is 14.5 Å². The van der Waals surface area contributed by atoms with Crippen molar-refractivity contribution in [2.75, 3.05) is 31.5 Å². The van der Waals surface area contributed by atoms with Crippen LogP contribution in [0.2, 0.25) is 0 Å². The number of halogens is 3. The van der Waals surface area contributed by atoms with Crippen LogP contribution in [0.15, 0.2) is 48.5 Å². The number of amides is 2. The highest BCUT2D eigenvalue weighted by Gasteiger charge is 2.31. The number of nitrogens with one attached hydrogen (secondary N) is 2. The predicted octanol–water partition coefficient (Wildman–Crippen LogP) is 1.87. The molecular formula is C20H23ClF2N4O2. The summed E-state index contributed by atoms with van der Waals surface area (Å²) in [5, 5.41) is 4.92. The highest BCUT2D eigenvalue weighted by atomic mass is 35.5. The number of nitrogens with zero attached hydrogens (tertiary/aromatic N) is 1. The first-order valence-corrected chi connectivity index (χ1v) is 8.97. The lowest BCUT2D eigenvalue weighted by Crippen LogP contribution is -2.40. The molecule has 0 saturated carbocycles. The van der Waals surface area contributed by atoms with Gasteiger partial charge in [-0.15, -0.1) is 12.4 Å². The molecule has 0 spiro atoms. The van der Waals surface area contributed by atoms with Crippen molar-refractivity contribution in [3.05, 3.63) is 65.7 Å². The average Bonchev–Trinajstić information content (AvgIpc) is 3.04. The Labute approximate surface area is 173 Å². The van der Waals surface area contributed by atoms with Crippen molar-refractivity contribution in [1.82, 2.24) is 10.2 Å². The van der Waals surface area contributed by atoms with E-state index in [1.807, 2.05) is 35.2 Å². The molecule has 0 aliphatic carbocycles. The van der Waals surface area contributed by atoms with Crippen LogP contribution < -0.4 is 16.4 Å². The predicted molar refractivity (Wildman–Crippen MR) is 109 cm³/mol. The van der Waals surface area contributed by atoms with Crippen molar-refractivity contribution in [3.8, 4) is 0 Å². The van der Waals surface area contributed by atoms with Crippen molar-refractivity contribution in [2.45, 2.75) is 12.0 Å². The fourth-order valence-corrected chi connectivity index (χ4v) is 3.31. The fourth-order valence-electron chi connectivity index (χ4n) is 3.31. The molecule has 2 aromatic rings. The lowest BCUT2D eigenvalue weighted by Gasteiger charge is -2.16. The van der Waals surface area contributed by atoms with E-state index in [9.17, 15) is 18.4 Å². The Morgan fingerprint density at radius 3 is 2.45 bits per heavy atom. The standard InChI is InChI=1S/C20H22F2N4O2.ClH/c21-16-7-6-14(8-17(16)22)25-19(27)9-24-20(28)12-26-10-15(18(23)11-26)13-4-2-1-3-5-13;/h1-8,15,18H,9-12,23H2,(H,24,28)(H,25,27);1H/t15-,18+;/m0./s1. The number of rotatable bonds is 6. The first-order valence-electron chi connectivity index (χ1n) is 8.97. The number of benzene rings is 2. The van der Waals surface area contributed by atoms with E-state index in [4.69, 9.17) is 5.73 Å². The van der Waals surface area contributed by atoms with Crippen LogP contribution in [0.3, 0.4) is 0 Å². The molecule has 1 heterocycles. The monoisotopic (exact) mass is 424 g/mol. The number of likely N-dealkylation sites (tertiary alicyclic amines) is 1. The second kappa shape index (κ2) is 10.3. The van der Waals surface area contributed by atoms with Crippen LogP contribution in [0.1, 0.15) is 11.5 Å². The molecule has 9 heteroatoms. The molecule has 6 nitrogen and oxygen atoms in total. The van der Waals surface area contributed by atoms with Gasteiger partial charge in [0.2, 0.25) is 11.8 Å². The second-order valence-electron chi connectivity index (χ2n) is 6.83. The van der Waals surface area contributed by atoms with Crippen LogP contribution in [0.5, 0.6) is 0 Å². The van der Waals surface area contributed by atoms with Crippen LogP contribution in [-0.2, 0) is 9.59 Å². The van der Waals surface area contributed by atoms with Gasteiger partial charge in [-0.25, -0.2) is 8.78 Å². The normalized spacial score (nSPS) is 18.7. The molecule has 0 unspecified atom stereocenters. The molecule has 0 radical (unpaired) electrons. The summed E-state index contributed by atoms with van der Waals surface area (Å²) in [4.78, 5) is 25.9. The maximum Gasteiger partial charge on any atom is 0.243 e. The van der Waals surface area contributed by atoms with Crippen molar-refractivity contribution >= 4 is 29.9 Å². The third kappa shape index (κ3) is 6.22. The second-order valence-corrected chi connectivity index (χ2v) is 6.83. The van der Waals surface area contributed by atoms with E-state index in [1.165, 1.54) is 6.07 Å². The van der Waals surface area contributed by atoms with Gasteiger partial charge in [0.1, 0.15) is 0 Å². The van der Waals surface area contributed by atoms with E-state index >= 15 is 0 Å². The highest BCUT2D eigenvalue weighted by molar-refractivity contribution is 5.94. The molecule has 29 heavy (non-hydrogen) atoms. The molecule has 1 aliphatic heterocycles.